The number of thiophene rings is 1. The number of halogens is 1. The molecule has 150 valence electrons. The molecule has 0 atom stereocenters. The molecule has 0 spiro atoms. The van der Waals surface area contributed by atoms with Gasteiger partial charge < -0.3 is 14.4 Å². The van der Waals surface area contributed by atoms with Gasteiger partial charge in [-0.3, -0.25) is 14.9 Å². The number of hydrogen-bond acceptors (Lipinski definition) is 6. The molecule has 0 saturated carbocycles. The van der Waals surface area contributed by atoms with Crippen LogP contribution in [-0.4, -0.2) is 29.9 Å². The van der Waals surface area contributed by atoms with Gasteiger partial charge in [-0.15, -0.1) is 11.3 Å². The maximum absolute atomic E-state index is 12.7. The summed E-state index contributed by atoms with van der Waals surface area (Å²) in [6.07, 6.45) is 0. The van der Waals surface area contributed by atoms with Crippen molar-refractivity contribution in [3.8, 4) is 17.2 Å². The van der Waals surface area contributed by atoms with Gasteiger partial charge in [0.1, 0.15) is 0 Å². The second-order valence-corrected chi connectivity index (χ2v) is 7.55. The Morgan fingerprint density at radius 3 is 2.59 bits per heavy atom. The van der Waals surface area contributed by atoms with Gasteiger partial charge in [-0.25, -0.2) is 0 Å². The lowest BCUT2D eigenvalue weighted by atomic mass is 10.1. The average Bonchev–Trinajstić information content (AvgIpc) is 3.21. The van der Waals surface area contributed by atoms with E-state index in [9.17, 15) is 14.9 Å². The van der Waals surface area contributed by atoms with Gasteiger partial charge in [0.15, 0.2) is 11.5 Å². The number of nitrogens with zero attached hydrogens (tertiary/aromatic N) is 2. The Morgan fingerprint density at radius 2 is 1.93 bits per heavy atom. The van der Waals surface area contributed by atoms with E-state index in [1.54, 1.807) is 41.5 Å². The normalized spacial score (nSPS) is 10.4. The lowest BCUT2D eigenvalue weighted by Gasteiger charge is -2.17. The first-order chi connectivity index (χ1) is 13.9. The molecule has 29 heavy (non-hydrogen) atoms. The zero-order valence-corrected chi connectivity index (χ0v) is 17.2. The highest BCUT2D eigenvalue weighted by Gasteiger charge is 2.20. The lowest BCUT2D eigenvalue weighted by Crippen LogP contribution is -2.25. The van der Waals surface area contributed by atoms with Crippen LogP contribution in [0.15, 0.2) is 53.9 Å². The van der Waals surface area contributed by atoms with E-state index in [2.05, 4.69) is 0 Å². The van der Waals surface area contributed by atoms with E-state index >= 15 is 0 Å². The Balaban J connectivity index is 1.84. The van der Waals surface area contributed by atoms with Gasteiger partial charge in [0.25, 0.3) is 5.91 Å². The molecule has 3 rings (SSSR count). The quantitative estimate of drug-likeness (QED) is 0.369. The summed E-state index contributed by atoms with van der Waals surface area (Å²) >= 11 is 7.41. The molecule has 0 radical (unpaired) electrons. The zero-order chi connectivity index (χ0) is 21.0. The van der Waals surface area contributed by atoms with Gasteiger partial charge in [-0.2, -0.15) is 0 Å². The predicted molar refractivity (Wildman–Crippen MR) is 111 cm³/mol. The Bertz CT molecular complexity index is 1040. The third-order valence-corrected chi connectivity index (χ3v) is 5.16. The summed E-state index contributed by atoms with van der Waals surface area (Å²) in [5.41, 5.74) is 0.147. The number of rotatable bonds is 7. The van der Waals surface area contributed by atoms with Crippen molar-refractivity contribution in [3.05, 3.63) is 79.5 Å². The maximum Gasteiger partial charge on any atom is 0.313 e. The van der Waals surface area contributed by atoms with Crippen LogP contribution in [0, 0.1) is 10.1 Å². The number of carbonyl (C=O) groups excluding carboxylic acids is 1. The van der Waals surface area contributed by atoms with Gasteiger partial charge in [-0.1, -0.05) is 17.7 Å². The minimum atomic E-state index is -0.578. The summed E-state index contributed by atoms with van der Waals surface area (Å²) in [4.78, 5) is 26.1. The Labute approximate surface area is 176 Å². The van der Waals surface area contributed by atoms with E-state index in [1.165, 1.54) is 25.3 Å². The van der Waals surface area contributed by atoms with Crippen LogP contribution in [0.3, 0.4) is 0 Å². The summed E-state index contributed by atoms with van der Waals surface area (Å²) in [7, 11) is 3.15. The molecule has 1 amide bonds. The van der Waals surface area contributed by atoms with Crippen molar-refractivity contribution in [3.63, 3.8) is 0 Å². The first-order valence-corrected chi connectivity index (χ1v) is 9.72. The monoisotopic (exact) mass is 432 g/mol. The number of benzene rings is 2. The van der Waals surface area contributed by atoms with E-state index in [4.69, 9.17) is 21.1 Å². The average molecular weight is 433 g/mol. The zero-order valence-electron chi connectivity index (χ0n) is 15.6. The fourth-order valence-electron chi connectivity index (χ4n) is 2.65. The fourth-order valence-corrected chi connectivity index (χ4v) is 3.57. The summed E-state index contributed by atoms with van der Waals surface area (Å²) in [6, 6.07) is 12.7. The van der Waals surface area contributed by atoms with Gasteiger partial charge in [-0.05, 0) is 41.8 Å². The minimum absolute atomic E-state index is 0.0200. The molecule has 9 heteroatoms. The number of hydrogen-bond donors (Lipinski definition) is 0. The SMILES string of the molecule is COc1cc(C(=O)N(C)Cc2cccs2)ccc1Oc1ccc(Cl)cc1[N+](=O)[O-]. The van der Waals surface area contributed by atoms with Crippen molar-refractivity contribution in [1.82, 2.24) is 4.90 Å². The molecule has 0 N–H and O–H groups in total. The summed E-state index contributed by atoms with van der Waals surface area (Å²) in [5, 5.41) is 13.4. The van der Waals surface area contributed by atoms with Crippen LogP contribution in [0.2, 0.25) is 5.02 Å². The van der Waals surface area contributed by atoms with Gasteiger partial charge >= 0.3 is 5.69 Å². The maximum atomic E-state index is 12.7. The van der Waals surface area contributed by atoms with Crippen molar-refractivity contribution in [2.45, 2.75) is 6.54 Å². The van der Waals surface area contributed by atoms with Gasteiger partial charge in [0.05, 0.1) is 18.6 Å². The lowest BCUT2D eigenvalue weighted by molar-refractivity contribution is -0.385. The molecule has 0 saturated heterocycles. The number of carbonyl (C=O) groups is 1. The van der Waals surface area contributed by atoms with E-state index in [0.717, 1.165) is 4.88 Å². The minimum Gasteiger partial charge on any atom is -0.493 e. The van der Waals surface area contributed by atoms with E-state index < -0.39 is 4.92 Å². The summed E-state index contributed by atoms with van der Waals surface area (Å²) in [5.74, 6) is 0.368. The molecular formula is C20H17ClN2O5S. The number of nitro benzene ring substituents is 1. The van der Waals surface area contributed by atoms with E-state index in [0.29, 0.717) is 12.1 Å². The molecular weight excluding hydrogens is 416 g/mol. The van der Waals surface area contributed by atoms with Crippen molar-refractivity contribution in [1.29, 1.82) is 0 Å². The van der Waals surface area contributed by atoms with Gasteiger partial charge in [0.2, 0.25) is 5.75 Å². The molecule has 2 aromatic carbocycles. The van der Waals surface area contributed by atoms with Crippen LogP contribution in [0.4, 0.5) is 5.69 Å². The number of ether oxygens (including phenoxy) is 2. The van der Waals surface area contributed by atoms with Crippen molar-refractivity contribution >= 4 is 34.5 Å². The van der Waals surface area contributed by atoms with Gasteiger partial charge in [0, 0.05) is 28.6 Å². The van der Waals surface area contributed by atoms with Crippen LogP contribution in [0.1, 0.15) is 15.2 Å². The molecule has 3 aromatic rings. The van der Waals surface area contributed by atoms with Crippen LogP contribution < -0.4 is 9.47 Å². The fraction of sp³-hybridized carbons (Fsp3) is 0.150. The highest BCUT2D eigenvalue weighted by molar-refractivity contribution is 7.09. The van der Waals surface area contributed by atoms with E-state index in [1.807, 2.05) is 17.5 Å². The van der Waals surface area contributed by atoms with Crippen molar-refractivity contribution < 1.29 is 19.2 Å². The van der Waals surface area contributed by atoms with Crippen molar-refractivity contribution in [2.24, 2.45) is 0 Å². The Kier molecular flexibility index (Phi) is 6.36. The van der Waals surface area contributed by atoms with Crippen LogP contribution in [0.5, 0.6) is 17.2 Å². The second-order valence-electron chi connectivity index (χ2n) is 6.08. The van der Waals surface area contributed by atoms with Crippen molar-refractivity contribution in [2.75, 3.05) is 14.2 Å². The largest absolute Gasteiger partial charge is 0.493 e. The molecule has 0 aliphatic rings. The standard InChI is InChI=1S/C20H17ClN2O5S/c1-22(12-15-4-3-9-29-15)20(24)13-5-7-18(19(10-13)27-2)28-17-8-6-14(21)11-16(17)23(25)26/h3-11H,12H2,1-2H3. The van der Waals surface area contributed by atoms with Crippen LogP contribution in [0.25, 0.3) is 0 Å². The highest BCUT2D eigenvalue weighted by atomic mass is 35.5. The first kappa shape index (κ1) is 20.6. The molecule has 0 unspecified atom stereocenters. The molecule has 0 bridgehead atoms. The third-order valence-electron chi connectivity index (χ3n) is 4.07. The molecule has 1 heterocycles. The molecule has 1 aromatic heterocycles. The molecule has 0 fully saturated rings. The predicted octanol–water partition coefficient (Wildman–Crippen LogP) is 5.38. The Morgan fingerprint density at radius 1 is 1.17 bits per heavy atom. The van der Waals surface area contributed by atoms with E-state index in [-0.39, 0.29) is 33.9 Å². The molecule has 0 aliphatic heterocycles. The number of methoxy groups -OCH3 is 1. The van der Waals surface area contributed by atoms with Crippen LogP contribution >= 0.6 is 22.9 Å². The summed E-state index contributed by atoms with van der Waals surface area (Å²) < 4.78 is 11.0. The Hall–Kier alpha value is -3.10. The highest BCUT2D eigenvalue weighted by Crippen LogP contribution is 2.38. The second kappa shape index (κ2) is 8.93. The molecule has 0 aliphatic carbocycles. The number of amides is 1. The topological polar surface area (TPSA) is 81.9 Å². The first-order valence-electron chi connectivity index (χ1n) is 8.46. The number of nitro groups is 1. The van der Waals surface area contributed by atoms with Crippen LogP contribution in [-0.2, 0) is 6.54 Å². The summed E-state index contributed by atoms with van der Waals surface area (Å²) in [6.45, 7) is 0.494. The third kappa shape index (κ3) is 4.85. The smallest absolute Gasteiger partial charge is 0.313 e. The molecule has 7 nitrogen and oxygen atoms in total.